The fourth-order valence-electron chi connectivity index (χ4n) is 1.60. The number of hydrogen-bond acceptors (Lipinski definition) is 4. The van der Waals surface area contributed by atoms with Crippen LogP contribution in [0.15, 0.2) is 35.7 Å². The second kappa shape index (κ2) is 4.26. The minimum atomic E-state index is -0.331. The molecule has 1 aromatic rings. The second-order valence-electron chi connectivity index (χ2n) is 3.52. The SMILES string of the molecule is CCOC(=O)C1=C(C)Nc2ccccc2N1. The van der Waals surface area contributed by atoms with Crippen molar-refractivity contribution in [3.05, 3.63) is 35.7 Å². The number of anilines is 2. The van der Waals surface area contributed by atoms with E-state index in [1.54, 1.807) is 6.92 Å². The first-order valence-corrected chi connectivity index (χ1v) is 5.23. The molecule has 0 saturated heterocycles. The van der Waals surface area contributed by atoms with E-state index in [2.05, 4.69) is 10.6 Å². The zero-order chi connectivity index (χ0) is 11.5. The predicted molar refractivity (Wildman–Crippen MR) is 63.0 cm³/mol. The van der Waals surface area contributed by atoms with Gasteiger partial charge < -0.3 is 15.4 Å². The Bertz CT molecular complexity index is 452. The van der Waals surface area contributed by atoms with E-state index < -0.39 is 0 Å². The summed E-state index contributed by atoms with van der Waals surface area (Å²) in [6, 6.07) is 7.72. The molecule has 0 unspecified atom stereocenters. The number of carbonyl (C=O) groups excluding carboxylic acids is 1. The number of allylic oxidation sites excluding steroid dienone is 1. The molecule has 1 aliphatic rings. The number of fused-ring (bicyclic) bond motifs is 1. The highest BCUT2D eigenvalue weighted by Crippen LogP contribution is 2.29. The van der Waals surface area contributed by atoms with Crippen molar-refractivity contribution in [2.24, 2.45) is 0 Å². The molecule has 2 N–H and O–H groups in total. The molecule has 0 fully saturated rings. The van der Waals surface area contributed by atoms with Crippen molar-refractivity contribution >= 4 is 17.3 Å². The Morgan fingerprint density at radius 3 is 2.50 bits per heavy atom. The van der Waals surface area contributed by atoms with Gasteiger partial charge in [-0.15, -0.1) is 0 Å². The number of nitrogens with one attached hydrogen (secondary N) is 2. The van der Waals surface area contributed by atoms with Crippen molar-refractivity contribution < 1.29 is 9.53 Å². The molecule has 0 spiro atoms. The van der Waals surface area contributed by atoms with Gasteiger partial charge in [-0.1, -0.05) is 12.1 Å². The topological polar surface area (TPSA) is 50.4 Å². The zero-order valence-corrected chi connectivity index (χ0v) is 9.33. The van der Waals surface area contributed by atoms with E-state index in [1.165, 1.54) is 0 Å². The molecule has 0 aliphatic carbocycles. The van der Waals surface area contributed by atoms with Gasteiger partial charge in [0.2, 0.25) is 0 Å². The maximum absolute atomic E-state index is 11.6. The lowest BCUT2D eigenvalue weighted by atomic mass is 10.2. The Morgan fingerprint density at radius 2 is 1.88 bits per heavy atom. The molecule has 1 aliphatic heterocycles. The molecule has 0 bridgehead atoms. The van der Waals surface area contributed by atoms with Crippen molar-refractivity contribution in [3.8, 4) is 0 Å². The molecule has 4 nitrogen and oxygen atoms in total. The fraction of sp³-hybridized carbons (Fsp3) is 0.250. The molecule has 84 valence electrons. The van der Waals surface area contributed by atoms with Gasteiger partial charge >= 0.3 is 5.97 Å². The van der Waals surface area contributed by atoms with Gasteiger partial charge in [0.1, 0.15) is 5.70 Å². The molecular weight excluding hydrogens is 204 g/mol. The summed E-state index contributed by atoms with van der Waals surface area (Å²) < 4.78 is 4.97. The number of ether oxygens (including phenoxy) is 1. The lowest BCUT2D eigenvalue weighted by Gasteiger charge is -2.22. The Balaban J connectivity index is 2.27. The summed E-state index contributed by atoms with van der Waals surface area (Å²) >= 11 is 0. The summed E-state index contributed by atoms with van der Waals surface area (Å²) in [6.45, 7) is 4.01. The van der Waals surface area contributed by atoms with Crippen LogP contribution in [0.5, 0.6) is 0 Å². The van der Waals surface area contributed by atoms with Gasteiger partial charge in [0.25, 0.3) is 0 Å². The van der Waals surface area contributed by atoms with Crippen LogP contribution >= 0.6 is 0 Å². The van der Waals surface area contributed by atoms with Gasteiger partial charge in [-0.05, 0) is 26.0 Å². The summed E-state index contributed by atoms with van der Waals surface area (Å²) in [5.41, 5.74) is 3.10. The quantitative estimate of drug-likeness (QED) is 0.748. The first-order valence-electron chi connectivity index (χ1n) is 5.23. The van der Waals surface area contributed by atoms with E-state index >= 15 is 0 Å². The Morgan fingerprint density at radius 1 is 1.25 bits per heavy atom. The first kappa shape index (κ1) is 10.5. The summed E-state index contributed by atoms with van der Waals surface area (Å²) in [5, 5.41) is 6.24. The van der Waals surface area contributed by atoms with Crippen LogP contribution in [-0.4, -0.2) is 12.6 Å². The number of rotatable bonds is 2. The van der Waals surface area contributed by atoms with Crippen LogP contribution < -0.4 is 10.6 Å². The van der Waals surface area contributed by atoms with E-state index in [0.29, 0.717) is 12.3 Å². The molecular formula is C12H14N2O2. The van der Waals surface area contributed by atoms with E-state index in [9.17, 15) is 4.79 Å². The zero-order valence-electron chi connectivity index (χ0n) is 9.33. The average Bonchev–Trinajstić information content (AvgIpc) is 2.28. The maximum atomic E-state index is 11.6. The fourth-order valence-corrected chi connectivity index (χ4v) is 1.60. The molecule has 2 rings (SSSR count). The Hall–Kier alpha value is -1.97. The number of para-hydroxylation sites is 2. The monoisotopic (exact) mass is 218 g/mol. The summed E-state index contributed by atoms with van der Waals surface area (Å²) in [4.78, 5) is 11.6. The molecule has 0 saturated carbocycles. The van der Waals surface area contributed by atoms with E-state index in [1.807, 2.05) is 31.2 Å². The highest BCUT2D eigenvalue weighted by molar-refractivity contribution is 5.96. The van der Waals surface area contributed by atoms with Gasteiger partial charge in [0.05, 0.1) is 18.0 Å². The van der Waals surface area contributed by atoms with Gasteiger partial charge in [-0.3, -0.25) is 0 Å². The Labute approximate surface area is 94.3 Å². The second-order valence-corrected chi connectivity index (χ2v) is 3.52. The Kier molecular flexibility index (Phi) is 2.81. The third-order valence-electron chi connectivity index (χ3n) is 2.36. The first-order chi connectivity index (χ1) is 7.72. The highest BCUT2D eigenvalue weighted by atomic mass is 16.5. The smallest absolute Gasteiger partial charge is 0.356 e. The van der Waals surface area contributed by atoms with E-state index in [0.717, 1.165) is 17.1 Å². The van der Waals surface area contributed by atoms with E-state index in [-0.39, 0.29) is 5.97 Å². The maximum Gasteiger partial charge on any atom is 0.356 e. The molecule has 4 heteroatoms. The number of benzene rings is 1. The van der Waals surface area contributed by atoms with Crippen LogP contribution in [0.25, 0.3) is 0 Å². The van der Waals surface area contributed by atoms with Crippen molar-refractivity contribution in [1.82, 2.24) is 0 Å². The molecule has 0 aromatic heterocycles. The number of esters is 1. The van der Waals surface area contributed by atoms with Crippen LogP contribution in [0.4, 0.5) is 11.4 Å². The summed E-state index contributed by atoms with van der Waals surface area (Å²) in [7, 11) is 0. The largest absolute Gasteiger partial charge is 0.461 e. The van der Waals surface area contributed by atoms with Crippen LogP contribution in [0.2, 0.25) is 0 Å². The molecule has 0 radical (unpaired) electrons. The number of hydrogen-bond donors (Lipinski definition) is 2. The molecule has 0 amide bonds. The molecule has 1 aromatic carbocycles. The molecule has 1 heterocycles. The van der Waals surface area contributed by atoms with Gasteiger partial charge in [0, 0.05) is 5.70 Å². The van der Waals surface area contributed by atoms with Crippen LogP contribution in [0.3, 0.4) is 0 Å². The van der Waals surface area contributed by atoms with Gasteiger partial charge in [-0.25, -0.2) is 4.79 Å². The summed E-state index contributed by atoms with van der Waals surface area (Å²) in [5.74, 6) is -0.331. The van der Waals surface area contributed by atoms with E-state index in [4.69, 9.17) is 4.74 Å². The average molecular weight is 218 g/mol. The normalized spacial score (nSPS) is 13.6. The molecule has 0 atom stereocenters. The van der Waals surface area contributed by atoms with Crippen LogP contribution in [0.1, 0.15) is 13.8 Å². The van der Waals surface area contributed by atoms with Crippen LogP contribution in [-0.2, 0) is 9.53 Å². The van der Waals surface area contributed by atoms with Crippen molar-refractivity contribution in [3.63, 3.8) is 0 Å². The lowest BCUT2D eigenvalue weighted by Crippen LogP contribution is -2.23. The van der Waals surface area contributed by atoms with Gasteiger partial charge in [-0.2, -0.15) is 0 Å². The van der Waals surface area contributed by atoms with Crippen LogP contribution in [0, 0.1) is 0 Å². The third kappa shape index (κ3) is 1.86. The highest BCUT2D eigenvalue weighted by Gasteiger charge is 2.20. The van der Waals surface area contributed by atoms with Crippen molar-refractivity contribution in [2.75, 3.05) is 17.2 Å². The summed E-state index contributed by atoms with van der Waals surface area (Å²) in [6.07, 6.45) is 0. The minimum absolute atomic E-state index is 0.331. The lowest BCUT2D eigenvalue weighted by molar-refractivity contribution is -0.138. The van der Waals surface area contributed by atoms with Crippen molar-refractivity contribution in [1.29, 1.82) is 0 Å². The third-order valence-corrected chi connectivity index (χ3v) is 2.36. The number of carbonyl (C=O) groups is 1. The van der Waals surface area contributed by atoms with Gasteiger partial charge in [0.15, 0.2) is 0 Å². The minimum Gasteiger partial charge on any atom is -0.461 e. The van der Waals surface area contributed by atoms with Crippen molar-refractivity contribution in [2.45, 2.75) is 13.8 Å². The predicted octanol–water partition coefficient (Wildman–Crippen LogP) is 2.32. The standard InChI is InChI=1S/C12H14N2O2/c1-3-16-12(15)11-8(2)13-9-6-4-5-7-10(9)14-11/h4-7,13-14H,3H2,1-2H3. The molecule has 16 heavy (non-hydrogen) atoms.